The number of carbonyl (C=O) groups excluding carboxylic acids is 3. The van der Waals surface area contributed by atoms with Crippen LogP contribution in [0, 0.1) is 0 Å². The number of methoxy groups -OCH3 is 1. The number of ketones is 1. The molecule has 0 spiro atoms. The van der Waals surface area contributed by atoms with Crippen LogP contribution in [0.3, 0.4) is 0 Å². The van der Waals surface area contributed by atoms with Gasteiger partial charge in [-0.1, -0.05) is 42.5 Å². The van der Waals surface area contributed by atoms with Gasteiger partial charge in [0.1, 0.15) is 33.6 Å². The van der Waals surface area contributed by atoms with Gasteiger partial charge in [0.05, 0.1) is 13.2 Å². The van der Waals surface area contributed by atoms with Crippen LogP contribution in [0.15, 0.2) is 72.3 Å². The Balaban J connectivity index is 1.48. The van der Waals surface area contributed by atoms with Crippen LogP contribution in [-0.2, 0) is 20.9 Å². The monoisotopic (exact) mass is 668 g/mol. The van der Waals surface area contributed by atoms with E-state index in [2.05, 4.69) is 10.3 Å². The molecule has 10 heteroatoms. The van der Waals surface area contributed by atoms with Gasteiger partial charge in [0, 0.05) is 54.4 Å². The second-order valence-electron chi connectivity index (χ2n) is 11.9. The van der Waals surface area contributed by atoms with E-state index in [0.717, 1.165) is 16.1 Å². The minimum absolute atomic E-state index is 0.0459. The number of benzene rings is 3. The molecule has 5 rings (SSSR count). The predicted octanol–water partition coefficient (Wildman–Crippen LogP) is 7.55. The summed E-state index contributed by atoms with van der Waals surface area (Å²) in [6.45, 7) is 2.01. The van der Waals surface area contributed by atoms with Crippen LogP contribution in [0.2, 0.25) is 0 Å². The second kappa shape index (κ2) is 16.2. The van der Waals surface area contributed by atoms with Crippen LogP contribution in [0.4, 0.5) is 0 Å². The average molecular weight is 669 g/mol. The van der Waals surface area contributed by atoms with Gasteiger partial charge in [-0.25, -0.2) is 9.78 Å². The van der Waals surface area contributed by atoms with Crippen molar-refractivity contribution in [3.63, 3.8) is 0 Å². The Morgan fingerprint density at radius 2 is 1.90 bits per heavy atom. The quantitative estimate of drug-likeness (QED) is 0.164. The molecule has 0 aliphatic carbocycles. The van der Waals surface area contributed by atoms with Crippen molar-refractivity contribution in [1.82, 2.24) is 10.3 Å². The molecule has 4 aromatic rings. The van der Waals surface area contributed by atoms with Crippen LogP contribution in [0.5, 0.6) is 17.2 Å². The molecule has 0 saturated heterocycles. The smallest absolute Gasteiger partial charge is 0.342 e. The summed E-state index contributed by atoms with van der Waals surface area (Å²) >= 11 is 1.53. The number of phenols is 2. The van der Waals surface area contributed by atoms with E-state index in [1.165, 1.54) is 17.4 Å². The molecule has 48 heavy (non-hydrogen) atoms. The highest BCUT2D eigenvalue weighted by atomic mass is 32.1. The SMILES string of the molecule is COc1ccc(C(CC(=O)NCc2cccc(-c3nccs3)c2)c2c(O)cc3c(c2O)C(=O)O[C@@H](C)CCCC(=O)CCC/C=C/3)cc1. The molecule has 9 nitrogen and oxygen atoms in total. The first-order valence-electron chi connectivity index (χ1n) is 16.1. The van der Waals surface area contributed by atoms with E-state index in [1.807, 2.05) is 35.7 Å². The van der Waals surface area contributed by atoms with Crippen molar-refractivity contribution in [3.8, 4) is 27.8 Å². The van der Waals surface area contributed by atoms with Crippen LogP contribution in [0.25, 0.3) is 16.6 Å². The van der Waals surface area contributed by atoms with E-state index in [4.69, 9.17) is 9.47 Å². The van der Waals surface area contributed by atoms with E-state index in [-0.39, 0.29) is 47.1 Å². The van der Waals surface area contributed by atoms with Gasteiger partial charge in [0.15, 0.2) is 0 Å². The van der Waals surface area contributed by atoms with Gasteiger partial charge in [0.25, 0.3) is 0 Å². The third-order valence-electron chi connectivity index (χ3n) is 8.40. The molecule has 0 radical (unpaired) electrons. The fourth-order valence-electron chi connectivity index (χ4n) is 5.88. The lowest BCUT2D eigenvalue weighted by molar-refractivity contribution is -0.121. The highest BCUT2D eigenvalue weighted by molar-refractivity contribution is 7.13. The number of nitrogens with zero attached hydrogens (tertiary/aromatic N) is 1. The summed E-state index contributed by atoms with van der Waals surface area (Å²) in [6, 6.07) is 16.2. The minimum atomic E-state index is -0.823. The average Bonchev–Trinajstić information content (AvgIpc) is 3.62. The molecule has 2 atom stereocenters. The first-order chi connectivity index (χ1) is 23.2. The fraction of sp³-hybridized carbons (Fsp3) is 0.316. The van der Waals surface area contributed by atoms with Gasteiger partial charge in [-0.15, -0.1) is 11.3 Å². The number of fused-ring (bicyclic) bond motifs is 1. The van der Waals surface area contributed by atoms with E-state index >= 15 is 0 Å². The molecule has 2 heterocycles. The number of Topliss-reactive ketones (excluding diaryl/α,β-unsaturated/α-hetero) is 1. The zero-order valence-corrected chi connectivity index (χ0v) is 27.9. The standard InChI is InChI=1S/C38H40N2O7S/c1-24-8-6-13-29(41)12-5-3-4-10-27-21-32(42)35(36(44)34(27)38(45)47-24)31(26-14-16-30(46-2)17-15-26)22-33(43)40-23-25-9-7-11-28(20-25)37-39-18-19-48-37/h4,7,9-11,14-21,24,31,42,44H,3,5-6,8,12-13,22-23H2,1-2H3,(H,40,43)/b10-4+/t24-,31?/m0/s1. The highest BCUT2D eigenvalue weighted by Crippen LogP contribution is 2.44. The molecule has 1 aromatic heterocycles. The number of phenolic OH excluding ortho intramolecular Hbond substituents is 2. The third-order valence-corrected chi connectivity index (χ3v) is 9.23. The van der Waals surface area contributed by atoms with Crippen molar-refractivity contribution in [3.05, 3.63) is 100 Å². The van der Waals surface area contributed by atoms with Crippen molar-refractivity contribution in [2.75, 3.05) is 7.11 Å². The number of thiazole rings is 1. The lowest BCUT2D eigenvalue weighted by Gasteiger charge is -2.23. The number of aromatic nitrogens is 1. The molecule has 1 aliphatic rings. The number of esters is 1. The largest absolute Gasteiger partial charge is 0.507 e. The maximum atomic E-state index is 13.6. The molecule has 3 aromatic carbocycles. The van der Waals surface area contributed by atoms with E-state index in [0.29, 0.717) is 49.8 Å². The van der Waals surface area contributed by atoms with Gasteiger partial charge in [0.2, 0.25) is 5.91 Å². The molecular weight excluding hydrogens is 628 g/mol. The first-order valence-corrected chi connectivity index (χ1v) is 17.0. The van der Waals surface area contributed by atoms with Crippen molar-refractivity contribution in [1.29, 1.82) is 0 Å². The molecule has 0 bridgehead atoms. The van der Waals surface area contributed by atoms with Crippen molar-refractivity contribution >= 4 is 35.1 Å². The number of hydrogen-bond acceptors (Lipinski definition) is 9. The second-order valence-corrected chi connectivity index (χ2v) is 12.8. The zero-order chi connectivity index (χ0) is 34.0. The minimum Gasteiger partial charge on any atom is -0.507 e. The van der Waals surface area contributed by atoms with Gasteiger partial charge in [-0.2, -0.15) is 0 Å². The molecular formula is C38H40N2O7S. The molecule has 1 aliphatic heterocycles. The van der Waals surface area contributed by atoms with E-state index in [1.54, 1.807) is 50.6 Å². The molecule has 1 unspecified atom stereocenters. The fourth-order valence-corrected chi connectivity index (χ4v) is 6.52. The molecule has 0 fully saturated rings. The summed E-state index contributed by atoms with van der Waals surface area (Å²) in [6.07, 6.45) is 7.79. The lowest BCUT2D eigenvalue weighted by atomic mass is 9.84. The van der Waals surface area contributed by atoms with E-state index < -0.39 is 23.7 Å². The molecule has 1 amide bonds. The lowest BCUT2D eigenvalue weighted by Crippen LogP contribution is -2.25. The topological polar surface area (TPSA) is 135 Å². The Bertz CT molecular complexity index is 1770. The van der Waals surface area contributed by atoms with E-state index in [9.17, 15) is 24.6 Å². The van der Waals surface area contributed by atoms with Crippen LogP contribution in [0.1, 0.15) is 90.4 Å². The van der Waals surface area contributed by atoms with Crippen molar-refractivity contribution in [2.45, 2.75) is 70.4 Å². The number of allylic oxidation sites excluding steroid dienone is 1. The van der Waals surface area contributed by atoms with Gasteiger partial charge in [-0.05, 0) is 73.6 Å². The number of carbonyl (C=O) groups is 3. The Labute approximate surface area is 284 Å². The van der Waals surface area contributed by atoms with Gasteiger partial charge >= 0.3 is 5.97 Å². The molecule has 250 valence electrons. The summed E-state index contributed by atoms with van der Waals surface area (Å²) in [5, 5.41) is 29.0. The predicted molar refractivity (Wildman–Crippen MR) is 185 cm³/mol. The zero-order valence-electron chi connectivity index (χ0n) is 27.1. The third kappa shape index (κ3) is 8.68. The van der Waals surface area contributed by atoms with Gasteiger partial charge in [-0.3, -0.25) is 9.59 Å². The Kier molecular flexibility index (Phi) is 11.6. The maximum absolute atomic E-state index is 13.6. The van der Waals surface area contributed by atoms with Crippen molar-refractivity contribution in [2.24, 2.45) is 0 Å². The molecule has 0 saturated carbocycles. The number of cyclic esters (lactones) is 1. The van der Waals surface area contributed by atoms with Crippen molar-refractivity contribution < 1.29 is 34.1 Å². The van der Waals surface area contributed by atoms with Gasteiger partial charge < -0.3 is 25.0 Å². The summed E-state index contributed by atoms with van der Waals surface area (Å²) in [7, 11) is 1.55. The Morgan fingerprint density at radius 3 is 2.65 bits per heavy atom. The summed E-state index contributed by atoms with van der Waals surface area (Å²) in [5.41, 5.74) is 2.72. The number of amides is 1. The normalized spacial score (nSPS) is 17.0. The van der Waals surface area contributed by atoms with Crippen LogP contribution < -0.4 is 10.1 Å². The number of aromatic hydroxyl groups is 2. The molecule has 3 N–H and O–H groups in total. The van der Waals surface area contributed by atoms with Crippen LogP contribution in [-0.4, -0.2) is 46.1 Å². The van der Waals surface area contributed by atoms with Crippen LogP contribution >= 0.6 is 11.3 Å². The maximum Gasteiger partial charge on any atom is 0.342 e. The Hall–Kier alpha value is -4.96. The summed E-state index contributed by atoms with van der Waals surface area (Å²) < 4.78 is 11.1. The number of rotatable bonds is 8. The number of nitrogens with one attached hydrogen (secondary N) is 1. The Morgan fingerprint density at radius 1 is 1.10 bits per heavy atom. The highest BCUT2D eigenvalue weighted by Gasteiger charge is 2.31. The number of hydrogen-bond donors (Lipinski definition) is 3. The number of ether oxygens (including phenoxy) is 2. The first kappa shape index (κ1) is 34.4. The summed E-state index contributed by atoms with van der Waals surface area (Å²) in [4.78, 5) is 43.7. The summed E-state index contributed by atoms with van der Waals surface area (Å²) in [5.74, 6) is -1.82.